The van der Waals surface area contributed by atoms with E-state index in [4.69, 9.17) is 14.2 Å². The summed E-state index contributed by atoms with van der Waals surface area (Å²) >= 11 is 0. The highest BCUT2D eigenvalue weighted by Crippen LogP contribution is 2.15. The highest BCUT2D eigenvalue weighted by Gasteiger charge is 2.19. The minimum atomic E-state index is -0.772. The van der Waals surface area contributed by atoms with Crippen molar-refractivity contribution in [3.63, 3.8) is 0 Å². The lowest BCUT2D eigenvalue weighted by atomic mass is 10.0. The van der Waals surface area contributed by atoms with Gasteiger partial charge in [-0.05, 0) is 38.5 Å². The minimum absolute atomic E-state index is 0.0758. The van der Waals surface area contributed by atoms with Crippen LogP contribution in [0.5, 0.6) is 0 Å². The van der Waals surface area contributed by atoms with E-state index in [0.29, 0.717) is 19.3 Å². The third-order valence-corrected chi connectivity index (χ3v) is 9.72. The first-order valence-electron chi connectivity index (χ1n) is 22.5. The molecule has 0 aromatic carbocycles. The molecule has 308 valence electrons. The summed E-state index contributed by atoms with van der Waals surface area (Å²) in [5.74, 6) is -0.897. The van der Waals surface area contributed by atoms with E-state index in [2.05, 4.69) is 57.2 Å². The number of carbonyl (C=O) groups excluding carboxylic acids is 3. The third kappa shape index (κ3) is 40.6. The first-order valence-corrected chi connectivity index (χ1v) is 22.5. The molecule has 6 nitrogen and oxygen atoms in total. The van der Waals surface area contributed by atoms with Crippen molar-refractivity contribution in [2.24, 2.45) is 0 Å². The molecule has 0 N–H and O–H groups in total. The summed E-state index contributed by atoms with van der Waals surface area (Å²) in [6.07, 6.45) is 47.0. The molecule has 0 saturated carbocycles. The number of rotatable bonds is 40. The zero-order chi connectivity index (χ0) is 38.7. The van der Waals surface area contributed by atoms with Crippen LogP contribution < -0.4 is 0 Å². The molecule has 0 bridgehead atoms. The Morgan fingerprint density at radius 2 is 0.736 bits per heavy atom. The molecule has 0 fully saturated rings. The zero-order valence-electron chi connectivity index (χ0n) is 35.0. The summed E-state index contributed by atoms with van der Waals surface area (Å²) in [5.41, 5.74) is 0. The fourth-order valence-electron chi connectivity index (χ4n) is 6.32. The molecular weight excluding hydrogens is 661 g/mol. The molecule has 0 aromatic rings. The number of ether oxygens (including phenoxy) is 3. The third-order valence-electron chi connectivity index (χ3n) is 9.72. The van der Waals surface area contributed by atoms with Crippen molar-refractivity contribution in [2.75, 3.05) is 13.2 Å². The van der Waals surface area contributed by atoms with Gasteiger partial charge in [-0.25, -0.2) is 0 Å². The highest BCUT2D eigenvalue weighted by molar-refractivity contribution is 5.71. The number of hydrogen-bond acceptors (Lipinski definition) is 6. The average Bonchev–Trinajstić information content (AvgIpc) is 3.15. The normalized spacial score (nSPS) is 12.3. The van der Waals surface area contributed by atoms with E-state index < -0.39 is 6.10 Å². The lowest BCUT2D eigenvalue weighted by Gasteiger charge is -2.18. The zero-order valence-corrected chi connectivity index (χ0v) is 35.0. The topological polar surface area (TPSA) is 78.9 Å². The molecule has 53 heavy (non-hydrogen) atoms. The summed E-state index contributed by atoms with van der Waals surface area (Å²) in [4.78, 5) is 37.6. The van der Waals surface area contributed by atoms with E-state index >= 15 is 0 Å². The van der Waals surface area contributed by atoms with E-state index in [-0.39, 0.29) is 31.1 Å². The second kappa shape index (κ2) is 42.4. The summed E-state index contributed by atoms with van der Waals surface area (Å²) < 4.78 is 16.7. The quantitative estimate of drug-likeness (QED) is 0.0269. The van der Waals surface area contributed by atoms with Gasteiger partial charge in [0.15, 0.2) is 6.10 Å². The summed E-state index contributed by atoms with van der Waals surface area (Å²) in [7, 11) is 0. The van der Waals surface area contributed by atoms with Crippen LogP contribution in [0, 0.1) is 0 Å². The molecule has 6 heteroatoms. The largest absolute Gasteiger partial charge is 0.462 e. The molecular formula is C47H84O6. The number of allylic oxidation sites excluding steroid dienone is 6. The predicted molar refractivity (Wildman–Crippen MR) is 224 cm³/mol. The van der Waals surface area contributed by atoms with Crippen LogP contribution in [0.2, 0.25) is 0 Å². The second-order valence-electron chi connectivity index (χ2n) is 15.0. The van der Waals surface area contributed by atoms with Crippen LogP contribution in [-0.2, 0) is 28.6 Å². The molecule has 0 radical (unpaired) electrons. The van der Waals surface area contributed by atoms with Crippen LogP contribution in [-0.4, -0.2) is 37.2 Å². The van der Waals surface area contributed by atoms with Crippen molar-refractivity contribution in [3.05, 3.63) is 36.5 Å². The SMILES string of the molecule is CC\C=C/C=C\C=C/CCCCCCCC(=O)OCC(COC(=O)CCCCCCCCCCC)OC(=O)CCCCCCCCCCCCCCC. The Balaban J connectivity index is 4.37. The molecule has 0 aliphatic rings. The molecule has 0 aliphatic heterocycles. The number of carbonyl (C=O) groups is 3. The first-order chi connectivity index (χ1) is 26.0. The van der Waals surface area contributed by atoms with Gasteiger partial charge in [0, 0.05) is 19.3 Å². The van der Waals surface area contributed by atoms with Gasteiger partial charge < -0.3 is 14.2 Å². The van der Waals surface area contributed by atoms with E-state index in [1.54, 1.807) is 0 Å². The van der Waals surface area contributed by atoms with Crippen molar-refractivity contribution in [1.82, 2.24) is 0 Å². The van der Waals surface area contributed by atoms with E-state index in [0.717, 1.165) is 83.5 Å². The number of hydrogen-bond donors (Lipinski definition) is 0. The molecule has 0 amide bonds. The van der Waals surface area contributed by atoms with Gasteiger partial charge in [0.2, 0.25) is 0 Å². The van der Waals surface area contributed by atoms with Gasteiger partial charge in [0.05, 0.1) is 0 Å². The van der Waals surface area contributed by atoms with Crippen LogP contribution in [0.25, 0.3) is 0 Å². The Labute approximate surface area is 327 Å². The maximum Gasteiger partial charge on any atom is 0.306 e. The van der Waals surface area contributed by atoms with Crippen LogP contribution >= 0.6 is 0 Å². The maximum absolute atomic E-state index is 12.7. The second-order valence-corrected chi connectivity index (χ2v) is 15.0. The van der Waals surface area contributed by atoms with Crippen LogP contribution in [0.1, 0.15) is 226 Å². The lowest BCUT2D eigenvalue weighted by Crippen LogP contribution is -2.30. The Hall–Kier alpha value is -2.37. The highest BCUT2D eigenvalue weighted by atomic mass is 16.6. The number of unbranched alkanes of at least 4 members (excludes halogenated alkanes) is 25. The van der Waals surface area contributed by atoms with Crippen LogP contribution in [0.4, 0.5) is 0 Å². The summed E-state index contributed by atoms with van der Waals surface area (Å²) in [6, 6.07) is 0. The van der Waals surface area contributed by atoms with Crippen molar-refractivity contribution in [3.8, 4) is 0 Å². The predicted octanol–water partition coefficient (Wildman–Crippen LogP) is 14.2. The Bertz CT molecular complexity index is 907. The van der Waals surface area contributed by atoms with Crippen molar-refractivity contribution in [2.45, 2.75) is 232 Å². The number of esters is 3. The standard InChI is InChI=1S/C47H84O6/c1-4-7-10-13-16-19-21-23-25-28-31-34-37-40-46(49)52-43-44(42-51-45(48)39-36-33-30-27-18-15-12-9-6-3)53-47(50)41-38-35-32-29-26-24-22-20-17-14-11-8-5-2/h7,10,13,16,19,21,44H,4-6,8-9,11-12,14-15,17-18,20,22-43H2,1-3H3/b10-7-,16-13-,21-19-. The van der Waals surface area contributed by atoms with Gasteiger partial charge >= 0.3 is 17.9 Å². The first kappa shape index (κ1) is 50.6. The molecule has 0 aromatic heterocycles. The lowest BCUT2D eigenvalue weighted by molar-refractivity contribution is -0.167. The summed E-state index contributed by atoms with van der Waals surface area (Å²) in [5, 5.41) is 0. The van der Waals surface area contributed by atoms with Gasteiger partial charge in [-0.2, -0.15) is 0 Å². The molecule has 1 atom stereocenters. The molecule has 0 saturated heterocycles. The van der Waals surface area contributed by atoms with Crippen LogP contribution in [0.3, 0.4) is 0 Å². The van der Waals surface area contributed by atoms with Gasteiger partial charge in [0.25, 0.3) is 0 Å². The van der Waals surface area contributed by atoms with Crippen molar-refractivity contribution < 1.29 is 28.6 Å². The van der Waals surface area contributed by atoms with Gasteiger partial charge in [0.1, 0.15) is 13.2 Å². The van der Waals surface area contributed by atoms with E-state index in [9.17, 15) is 14.4 Å². The van der Waals surface area contributed by atoms with Gasteiger partial charge in [-0.15, -0.1) is 0 Å². The van der Waals surface area contributed by atoms with Crippen molar-refractivity contribution in [1.29, 1.82) is 0 Å². The Morgan fingerprint density at radius 3 is 1.13 bits per heavy atom. The Kier molecular flexibility index (Phi) is 40.5. The summed E-state index contributed by atoms with van der Waals surface area (Å²) in [6.45, 7) is 6.46. The fraction of sp³-hybridized carbons (Fsp3) is 0.809. The van der Waals surface area contributed by atoms with Gasteiger partial charge in [-0.1, -0.05) is 205 Å². The maximum atomic E-state index is 12.7. The van der Waals surface area contributed by atoms with E-state index in [1.807, 2.05) is 0 Å². The molecule has 1 unspecified atom stereocenters. The monoisotopic (exact) mass is 745 g/mol. The fourth-order valence-corrected chi connectivity index (χ4v) is 6.32. The Morgan fingerprint density at radius 1 is 0.396 bits per heavy atom. The molecule has 0 spiro atoms. The van der Waals surface area contributed by atoms with E-state index in [1.165, 1.54) is 103 Å². The molecule has 0 rings (SSSR count). The molecule has 0 heterocycles. The van der Waals surface area contributed by atoms with Gasteiger partial charge in [-0.3, -0.25) is 14.4 Å². The minimum Gasteiger partial charge on any atom is -0.462 e. The van der Waals surface area contributed by atoms with Crippen LogP contribution in [0.15, 0.2) is 36.5 Å². The smallest absolute Gasteiger partial charge is 0.306 e. The average molecular weight is 745 g/mol. The molecule has 0 aliphatic carbocycles. The van der Waals surface area contributed by atoms with Crippen molar-refractivity contribution >= 4 is 17.9 Å².